The molecule has 0 aromatic carbocycles. The lowest BCUT2D eigenvalue weighted by Gasteiger charge is -2.70. The molecule has 0 amide bonds. The minimum absolute atomic E-state index is 0.0260. The van der Waals surface area contributed by atoms with Gasteiger partial charge in [0.2, 0.25) is 0 Å². The molecule has 2 spiro atoms. The van der Waals surface area contributed by atoms with E-state index in [4.69, 9.17) is 9.47 Å². The number of esters is 2. The molecule has 5 fully saturated rings. The first-order valence-corrected chi connectivity index (χ1v) is 10.3. The first-order valence-electron chi connectivity index (χ1n) is 10.3. The van der Waals surface area contributed by atoms with E-state index in [1.165, 1.54) is 5.57 Å². The molecule has 0 unspecified atom stereocenters. The zero-order valence-electron chi connectivity index (χ0n) is 15.3. The lowest BCUT2D eigenvalue weighted by molar-refractivity contribution is -0.203. The predicted octanol–water partition coefficient (Wildman–Crippen LogP) is 3.32. The van der Waals surface area contributed by atoms with E-state index in [2.05, 4.69) is 26.0 Å². The zero-order chi connectivity index (χ0) is 17.7. The van der Waals surface area contributed by atoms with Crippen molar-refractivity contribution in [3.05, 3.63) is 23.3 Å². The fraction of sp³-hybridized carbons (Fsp3) is 0.727. The van der Waals surface area contributed by atoms with E-state index in [0.717, 1.165) is 44.1 Å². The van der Waals surface area contributed by atoms with Crippen molar-refractivity contribution in [2.45, 2.75) is 64.6 Å². The van der Waals surface area contributed by atoms with Crippen molar-refractivity contribution in [3.63, 3.8) is 0 Å². The minimum atomic E-state index is -0.606. The van der Waals surface area contributed by atoms with Gasteiger partial charge in [-0.15, -0.1) is 0 Å². The smallest absolute Gasteiger partial charge is 0.334 e. The van der Waals surface area contributed by atoms with Crippen LogP contribution in [-0.2, 0) is 19.1 Å². The molecule has 2 bridgehead atoms. The van der Waals surface area contributed by atoms with E-state index in [-0.39, 0.29) is 40.4 Å². The van der Waals surface area contributed by atoms with Gasteiger partial charge in [0.1, 0.15) is 17.6 Å². The van der Waals surface area contributed by atoms with Gasteiger partial charge in [0.15, 0.2) is 0 Å². The van der Waals surface area contributed by atoms with Gasteiger partial charge in [-0.3, -0.25) is 4.79 Å². The first kappa shape index (κ1) is 14.5. The molecule has 3 saturated carbocycles. The SMILES string of the molecule is CC1=C[C@@]23C(=O)O[C@@H]4CC[C@H](C1)[C@]42[C@]12C4=C[C@@]3(C)C[C@H]1CC[C@H]2OC4=O. The molecule has 8 rings (SSSR count). The maximum atomic E-state index is 13.6. The zero-order valence-corrected chi connectivity index (χ0v) is 15.3. The highest BCUT2D eigenvalue weighted by Gasteiger charge is 2.92. The summed E-state index contributed by atoms with van der Waals surface area (Å²) in [5.41, 5.74) is 0.719. The van der Waals surface area contributed by atoms with Crippen molar-refractivity contribution in [1.82, 2.24) is 0 Å². The summed E-state index contributed by atoms with van der Waals surface area (Å²) in [4.78, 5) is 26.5. The Morgan fingerprint density at radius 1 is 1.00 bits per heavy atom. The summed E-state index contributed by atoms with van der Waals surface area (Å²) in [6, 6.07) is 0. The molecule has 8 atom stereocenters. The van der Waals surface area contributed by atoms with Crippen LogP contribution in [0, 0.1) is 33.5 Å². The quantitative estimate of drug-likeness (QED) is 0.496. The highest BCUT2D eigenvalue weighted by Crippen LogP contribution is 2.88. The molecular formula is C22H24O4. The Morgan fingerprint density at radius 2 is 1.77 bits per heavy atom. The second-order valence-corrected chi connectivity index (χ2v) is 10.3. The molecule has 0 N–H and O–H groups in total. The van der Waals surface area contributed by atoms with Gasteiger partial charge in [-0.1, -0.05) is 24.6 Å². The average molecular weight is 352 g/mol. The molecule has 0 aromatic rings. The number of ether oxygens (including phenoxy) is 2. The Kier molecular flexibility index (Phi) is 2.06. The topological polar surface area (TPSA) is 52.6 Å². The van der Waals surface area contributed by atoms with Crippen LogP contribution in [-0.4, -0.2) is 24.1 Å². The van der Waals surface area contributed by atoms with Crippen LogP contribution in [0.2, 0.25) is 0 Å². The molecular weight excluding hydrogens is 328 g/mol. The van der Waals surface area contributed by atoms with Gasteiger partial charge in [0.05, 0.1) is 5.41 Å². The Morgan fingerprint density at radius 3 is 2.62 bits per heavy atom. The third kappa shape index (κ3) is 0.981. The molecule has 2 aliphatic heterocycles. The van der Waals surface area contributed by atoms with E-state index in [0.29, 0.717) is 11.8 Å². The molecule has 0 aromatic heterocycles. The van der Waals surface area contributed by atoms with Crippen LogP contribution in [0.1, 0.15) is 52.4 Å². The molecule has 2 heterocycles. The van der Waals surface area contributed by atoms with Crippen LogP contribution < -0.4 is 0 Å². The van der Waals surface area contributed by atoms with Gasteiger partial charge >= 0.3 is 11.9 Å². The van der Waals surface area contributed by atoms with Gasteiger partial charge in [-0.05, 0) is 57.3 Å². The van der Waals surface area contributed by atoms with Crippen molar-refractivity contribution < 1.29 is 19.1 Å². The number of carbonyl (C=O) groups is 2. The van der Waals surface area contributed by atoms with E-state index in [1.54, 1.807) is 0 Å². The highest BCUT2D eigenvalue weighted by atomic mass is 16.6. The summed E-state index contributed by atoms with van der Waals surface area (Å²) < 4.78 is 12.2. The summed E-state index contributed by atoms with van der Waals surface area (Å²) in [5, 5.41) is 0. The van der Waals surface area contributed by atoms with Gasteiger partial charge in [0.25, 0.3) is 0 Å². The molecule has 4 heteroatoms. The molecule has 26 heavy (non-hydrogen) atoms. The molecule has 6 aliphatic carbocycles. The van der Waals surface area contributed by atoms with Crippen LogP contribution in [0.25, 0.3) is 0 Å². The van der Waals surface area contributed by atoms with Crippen LogP contribution in [0.3, 0.4) is 0 Å². The number of rotatable bonds is 0. The molecule has 8 aliphatic rings. The van der Waals surface area contributed by atoms with Crippen molar-refractivity contribution in [2.24, 2.45) is 33.5 Å². The van der Waals surface area contributed by atoms with Crippen LogP contribution in [0.15, 0.2) is 23.3 Å². The van der Waals surface area contributed by atoms with E-state index in [1.807, 2.05) is 0 Å². The summed E-state index contributed by atoms with van der Waals surface area (Å²) in [5.74, 6) is 0.729. The standard InChI is InChI=1S/C22H24O4/c1-11-7-12-3-6-16-22(12)20(8-11,18(24)26-16)19(2)9-13-4-5-15-21(13,22)14(10-19)17(23)25-15/h8,10,12-13,15-16H,3-7,9H2,1-2H3/t12-,13-,15-,16-,19-,20+,21+,22+/m1/s1. The van der Waals surface area contributed by atoms with Crippen LogP contribution in [0.4, 0.5) is 0 Å². The second kappa shape index (κ2) is 3.70. The Bertz CT molecular complexity index is 885. The number of hydrogen-bond donors (Lipinski definition) is 0. The van der Waals surface area contributed by atoms with Gasteiger partial charge < -0.3 is 9.47 Å². The van der Waals surface area contributed by atoms with Crippen molar-refractivity contribution >= 4 is 11.9 Å². The average Bonchev–Trinajstić information content (AvgIpc) is 3.27. The molecule has 2 saturated heterocycles. The van der Waals surface area contributed by atoms with Crippen molar-refractivity contribution in [3.8, 4) is 0 Å². The molecule has 136 valence electrons. The van der Waals surface area contributed by atoms with E-state index < -0.39 is 5.41 Å². The Hall–Kier alpha value is -1.58. The van der Waals surface area contributed by atoms with Crippen molar-refractivity contribution in [2.75, 3.05) is 0 Å². The lowest BCUT2D eigenvalue weighted by atomic mass is 9.28. The molecule has 0 radical (unpaired) electrons. The van der Waals surface area contributed by atoms with Crippen LogP contribution in [0.5, 0.6) is 0 Å². The summed E-state index contributed by atoms with van der Waals surface area (Å²) >= 11 is 0. The Labute approximate surface area is 153 Å². The van der Waals surface area contributed by atoms with Gasteiger partial charge in [-0.25, -0.2) is 4.79 Å². The fourth-order valence-electron chi connectivity index (χ4n) is 9.66. The normalized spacial score (nSPS) is 60.1. The monoisotopic (exact) mass is 352 g/mol. The predicted molar refractivity (Wildman–Crippen MR) is 91.7 cm³/mol. The van der Waals surface area contributed by atoms with E-state index >= 15 is 0 Å². The number of carbonyl (C=O) groups excluding carboxylic acids is 2. The summed E-state index contributed by atoms with van der Waals surface area (Å²) in [6.07, 6.45) is 10.4. The second-order valence-electron chi connectivity index (χ2n) is 10.3. The largest absolute Gasteiger partial charge is 0.461 e. The van der Waals surface area contributed by atoms with Crippen molar-refractivity contribution in [1.29, 1.82) is 0 Å². The fourth-order valence-corrected chi connectivity index (χ4v) is 9.66. The van der Waals surface area contributed by atoms with Gasteiger partial charge in [0, 0.05) is 16.4 Å². The number of hydrogen-bond acceptors (Lipinski definition) is 4. The lowest BCUT2D eigenvalue weighted by Crippen LogP contribution is -2.73. The first-order chi connectivity index (χ1) is 12.4. The minimum Gasteiger partial charge on any atom is -0.461 e. The summed E-state index contributed by atoms with van der Waals surface area (Å²) in [7, 11) is 0. The third-order valence-corrected chi connectivity index (χ3v) is 9.75. The third-order valence-electron chi connectivity index (χ3n) is 9.75. The van der Waals surface area contributed by atoms with E-state index in [9.17, 15) is 9.59 Å². The van der Waals surface area contributed by atoms with Gasteiger partial charge in [-0.2, -0.15) is 0 Å². The highest BCUT2D eigenvalue weighted by molar-refractivity contribution is 5.98. The number of allylic oxidation sites excluding steroid dienone is 2. The summed E-state index contributed by atoms with van der Waals surface area (Å²) in [6.45, 7) is 4.40. The maximum Gasteiger partial charge on any atom is 0.334 e. The molecule has 4 nitrogen and oxygen atoms in total. The maximum absolute atomic E-state index is 13.6. The van der Waals surface area contributed by atoms with Crippen LogP contribution >= 0.6 is 0 Å². The Balaban J connectivity index is 1.70.